The van der Waals surface area contributed by atoms with Crippen molar-refractivity contribution in [1.29, 1.82) is 0 Å². The Morgan fingerprint density at radius 1 is 1.29 bits per heavy atom. The number of benzene rings is 1. The molecule has 0 aliphatic heterocycles. The van der Waals surface area contributed by atoms with E-state index in [-0.39, 0.29) is 18.4 Å². The van der Waals surface area contributed by atoms with Crippen LogP contribution in [-0.4, -0.2) is 26.9 Å². The molecule has 0 amide bonds. The molecule has 4 heteroatoms. The van der Waals surface area contributed by atoms with Gasteiger partial charge in [-0.1, -0.05) is 12.1 Å². The van der Waals surface area contributed by atoms with Crippen molar-refractivity contribution in [3.05, 3.63) is 29.3 Å². The summed E-state index contributed by atoms with van der Waals surface area (Å²) in [5.41, 5.74) is 8.25. The molecule has 2 N–H and O–H groups in total. The van der Waals surface area contributed by atoms with Gasteiger partial charge in [-0.3, -0.25) is 0 Å². The molecule has 1 unspecified atom stereocenters. The van der Waals surface area contributed by atoms with Crippen molar-refractivity contribution in [1.82, 2.24) is 0 Å². The Bertz CT molecular complexity index is 329. The number of hydrogen-bond donors (Lipinski definition) is 1. The second-order valence-corrected chi connectivity index (χ2v) is 4.07. The molecule has 98 valence electrons. The van der Waals surface area contributed by atoms with Gasteiger partial charge in [-0.25, -0.2) is 0 Å². The molecule has 1 aromatic rings. The number of ether oxygens (including phenoxy) is 2. The summed E-state index contributed by atoms with van der Waals surface area (Å²) in [6, 6.07) is 6.37. The lowest BCUT2D eigenvalue weighted by atomic mass is 10.0. The number of methoxy groups -OCH3 is 2. The standard InChI is InChI=1S/C13H21NO2.ClH/c1-10(14)8-12-9-11(6-7-15-2)4-5-13(12)16-3;/h4-5,9-10H,6-8,14H2,1-3H3;1H. The summed E-state index contributed by atoms with van der Waals surface area (Å²) in [6.45, 7) is 2.74. The molecular weight excluding hydrogens is 238 g/mol. The van der Waals surface area contributed by atoms with Gasteiger partial charge in [-0.05, 0) is 37.0 Å². The van der Waals surface area contributed by atoms with Crippen molar-refractivity contribution < 1.29 is 9.47 Å². The maximum absolute atomic E-state index is 5.82. The zero-order chi connectivity index (χ0) is 12.0. The lowest BCUT2D eigenvalue weighted by Gasteiger charge is -2.12. The van der Waals surface area contributed by atoms with E-state index in [1.807, 2.05) is 13.0 Å². The van der Waals surface area contributed by atoms with Crippen LogP contribution in [0.4, 0.5) is 0 Å². The van der Waals surface area contributed by atoms with Crippen LogP contribution < -0.4 is 10.5 Å². The molecule has 0 saturated carbocycles. The Morgan fingerprint density at radius 2 is 2.00 bits per heavy atom. The summed E-state index contributed by atoms with van der Waals surface area (Å²) in [5, 5.41) is 0. The zero-order valence-corrected chi connectivity index (χ0v) is 11.5. The van der Waals surface area contributed by atoms with Gasteiger partial charge in [0.05, 0.1) is 13.7 Å². The maximum atomic E-state index is 5.82. The Morgan fingerprint density at radius 3 is 2.53 bits per heavy atom. The van der Waals surface area contributed by atoms with E-state index in [1.54, 1.807) is 14.2 Å². The highest BCUT2D eigenvalue weighted by Gasteiger charge is 2.06. The van der Waals surface area contributed by atoms with Gasteiger partial charge in [0.1, 0.15) is 5.75 Å². The van der Waals surface area contributed by atoms with Crippen LogP contribution in [0.3, 0.4) is 0 Å². The Kier molecular flexibility index (Phi) is 7.96. The van der Waals surface area contributed by atoms with E-state index in [2.05, 4.69) is 12.1 Å². The molecule has 0 fully saturated rings. The molecule has 0 bridgehead atoms. The predicted octanol–water partition coefficient (Wildman–Crippen LogP) is 2.20. The normalized spacial score (nSPS) is 11.8. The van der Waals surface area contributed by atoms with Crippen molar-refractivity contribution in [3.63, 3.8) is 0 Å². The first-order chi connectivity index (χ1) is 7.67. The second-order valence-electron chi connectivity index (χ2n) is 4.07. The van der Waals surface area contributed by atoms with Crippen molar-refractivity contribution in [2.45, 2.75) is 25.8 Å². The van der Waals surface area contributed by atoms with Crippen LogP contribution in [0.1, 0.15) is 18.1 Å². The lowest BCUT2D eigenvalue weighted by Crippen LogP contribution is -2.18. The summed E-state index contributed by atoms with van der Waals surface area (Å²) in [5.74, 6) is 0.915. The third-order valence-corrected chi connectivity index (χ3v) is 2.48. The van der Waals surface area contributed by atoms with Gasteiger partial charge in [0.2, 0.25) is 0 Å². The highest BCUT2D eigenvalue weighted by Crippen LogP contribution is 2.21. The monoisotopic (exact) mass is 259 g/mol. The average Bonchev–Trinajstić information content (AvgIpc) is 2.26. The molecular formula is C13H22ClNO2. The summed E-state index contributed by atoms with van der Waals surface area (Å²) in [4.78, 5) is 0. The number of halogens is 1. The molecule has 17 heavy (non-hydrogen) atoms. The highest BCUT2D eigenvalue weighted by molar-refractivity contribution is 5.85. The van der Waals surface area contributed by atoms with Crippen molar-refractivity contribution in [2.75, 3.05) is 20.8 Å². The number of hydrogen-bond acceptors (Lipinski definition) is 3. The van der Waals surface area contributed by atoms with Crippen LogP contribution in [0.25, 0.3) is 0 Å². The molecule has 1 atom stereocenters. The van der Waals surface area contributed by atoms with Gasteiger partial charge in [-0.15, -0.1) is 12.4 Å². The SMILES string of the molecule is COCCc1ccc(OC)c(CC(C)N)c1.Cl. The van der Waals surface area contributed by atoms with E-state index >= 15 is 0 Å². The Hall–Kier alpha value is -0.770. The predicted molar refractivity (Wildman–Crippen MR) is 73.2 cm³/mol. The average molecular weight is 260 g/mol. The smallest absolute Gasteiger partial charge is 0.122 e. The third kappa shape index (κ3) is 5.39. The summed E-state index contributed by atoms with van der Waals surface area (Å²) in [7, 11) is 3.40. The second kappa shape index (κ2) is 8.34. The summed E-state index contributed by atoms with van der Waals surface area (Å²) < 4.78 is 10.4. The fourth-order valence-corrected chi connectivity index (χ4v) is 1.71. The van der Waals surface area contributed by atoms with Crippen LogP contribution in [0.15, 0.2) is 18.2 Å². The fraction of sp³-hybridized carbons (Fsp3) is 0.538. The molecule has 0 radical (unpaired) electrons. The van der Waals surface area contributed by atoms with Crippen LogP contribution in [-0.2, 0) is 17.6 Å². The quantitative estimate of drug-likeness (QED) is 0.852. The first kappa shape index (κ1) is 16.2. The zero-order valence-electron chi connectivity index (χ0n) is 10.7. The first-order valence-electron chi connectivity index (χ1n) is 5.57. The van der Waals surface area contributed by atoms with Crippen molar-refractivity contribution >= 4 is 12.4 Å². The van der Waals surface area contributed by atoms with E-state index < -0.39 is 0 Å². The fourth-order valence-electron chi connectivity index (χ4n) is 1.71. The van der Waals surface area contributed by atoms with E-state index in [9.17, 15) is 0 Å². The van der Waals surface area contributed by atoms with Crippen LogP contribution >= 0.6 is 12.4 Å². The molecule has 1 aromatic carbocycles. The maximum Gasteiger partial charge on any atom is 0.122 e. The molecule has 0 aliphatic rings. The molecule has 0 saturated heterocycles. The highest BCUT2D eigenvalue weighted by atomic mass is 35.5. The molecule has 3 nitrogen and oxygen atoms in total. The lowest BCUT2D eigenvalue weighted by molar-refractivity contribution is 0.202. The topological polar surface area (TPSA) is 44.5 Å². The Balaban J connectivity index is 0.00000256. The summed E-state index contributed by atoms with van der Waals surface area (Å²) in [6.07, 6.45) is 1.76. The molecule has 0 aliphatic carbocycles. The van der Waals surface area contributed by atoms with Gasteiger partial charge in [-0.2, -0.15) is 0 Å². The van der Waals surface area contributed by atoms with Crippen molar-refractivity contribution in [2.24, 2.45) is 5.73 Å². The van der Waals surface area contributed by atoms with E-state index in [1.165, 1.54) is 11.1 Å². The minimum atomic E-state index is 0. The van der Waals surface area contributed by atoms with Gasteiger partial charge in [0.15, 0.2) is 0 Å². The van der Waals surface area contributed by atoms with E-state index in [4.69, 9.17) is 15.2 Å². The van der Waals surface area contributed by atoms with Crippen LogP contribution in [0.5, 0.6) is 5.75 Å². The largest absolute Gasteiger partial charge is 0.496 e. The number of nitrogens with two attached hydrogens (primary N) is 1. The molecule has 0 spiro atoms. The molecule has 0 heterocycles. The third-order valence-electron chi connectivity index (χ3n) is 2.48. The minimum Gasteiger partial charge on any atom is -0.496 e. The minimum absolute atomic E-state index is 0. The van der Waals surface area contributed by atoms with Gasteiger partial charge < -0.3 is 15.2 Å². The van der Waals surface area contributed by atoms with Gasteiger partial charge >= 0.3 is 0 Å². The van der Waals surface area contributed by atoms with E-state index in [0.29, 0.717) is 0 Å². The Labute approximate surface area is 110 Å². The molecule has 0 aromatic heterocycles. The van der Waals surface area contributed by atoms with E-state index in [0.717, 1.165) is 25.2 Å². The molecule has 1 rings (SSSR count). The first-order valence-corrected chi connectivity index (χ1v) is 5.57. The summed E-state index contributed by atoms with van der Waals surface area (Å²) >= 11 is 0. The van der Waals surface area contributed by atoms with Crippen LogP contribution in [0, 0.1) is 0 Å². The van der Waals surface area contributed by atoms with Gasteiger partial charge in [0.25, 0.3) is 0 Å². The van der Waals surface area contributed by atoms with Crippen LogP contribution in [0.2, 0.25) is 0 Å². The van der Waals surface area contributed by atoms with Gasteiger partial charge in [0, 0.05) is 13.2 Å². The van der Waals surface area contributed by atoms with Crippen molar-refractivity contribution in [3.8, 4) is 5.75 Å². The number of rotatable bonds is 6.